The summed E-state index contributed by atoms with van der Waals surface area (Å²) in [5, 5.41) is 14.8. The van der Waals surface area contributed by atoms with Crippen molar-refractivity contribution in [3.8, 4) is 17.3 Å². The van der Waals surface area contributed by atoms with Gasteiger partial charge in [0.2, 0.25) is 11.9 Å². The molecular weight excluding hydrogens is 476 g/mol. The van der Waals surface area contributed by atoms with E-state index < -0.39 is 24.0 Å². The predicted molar refractivity (Wildman–Crippen MR) is 127 cm³/mol. The Morgan fingerprint density at radius 2 is 1.86 bits per heavy atom. The summed E-state index contributed by atoms with van der Waals surface area (Å²) in [6, 6.07) is 5.22. The number of hydrogen-bond acceptors (Lipinski definition) is 6. The van der Waals surface area contributed by atoms with Crippen molar-refractivity contribution in [2.75, 3.05) is 23.8 Å². The Morgan fingerprint density at radius 3 is 2.50 bits per heavy atom. The second-order valence-corrected chi connectivity index (χ2v) is 9.32. The molecule has 1 saturated carbocycles. The fraction of sp³-hybridized carbons (Fsp3) is 0.520. The number of alkyl halides is 3. The van der Waals surface area contributed by atoms with E-state index in [4.69, 9.17) is 5.26 Å². The third-order valence-electron chi connectivity index (χ3n) is 6.90. The molecule has 1 aromatic carbocycles. The molecule has 2 heterocycles. The smallest absolute Gasteiger partial charge is 0.357 e. The highest BCUT2D eigenvalue weighted by molar-refractivity contribution is 5.80. The summed E-state index contributed by atoms with van der Waals surface area (Å²) >= 11 is 0. The molecular formula is C25H28F4N6O. The van der Waals surface area contributed by atoms with Gasteiger partial charge in [0.15, 0.2) is 0 Å². The van der Waals surface area contributed by atoms with E-state index in [-0.39, 0.29) is 54.4 Å². The van der Waals surface area contributed by atoms with Crippen molar-refractivity contribution < 1.29 is 22.4 Å². The third kappa shape index (κ3) is 5.69. The normalized spacial score (nSPS) is 21.1. The zero-order valence-electron chi connectivity index (χ0n) is 19.9. The first-order valence-corrected chi connectivity index (χ1v) is 12.1. The van der Waals surface area contributed by atoms with Gasteiger partial charge in [0.05, 0.1) is 17.2 Å². The van der Waals surface area contributed by atoms with Crippen LogP contribution in [-0.4, -0.2) is 47.7 Å². The lowest BCUT2D eigenvalue weighted by atomic mass is 9.90. The second-order valence-electron chi connectivity index (χ2n) is 9.32. The number of piperidine rings is 1. The van der Waals surface area contributed by atoms with Crippen LogP contribution in [0.2, 0.25) is 0 Å². The number of anilines is 2. The number of hydrogen-bond donors (Lipinski definition) is 2. The van der Waals surface area contributed by atoms with Gasteiger partial charge in [-0.05, 0) is 37.8 Å². The first kappa shape index (κ1) is 25.7. The molecule has 2 N–H and O–H groups in total. The zero-order chi connectivity index (χ0) is 25.9. The maximum Gasteiger partial charge on any atom is 0.408 e. The van der Waals surface area contributed by atoms with Gasteiger partial charge in [0.25, 0.3) is 0 Å². The minimum Gasteiger partial charge on any atom is -0.357 e. The van der Waals surface area contributed by atoms with Gasteiger partial charge in [0.1, 0.15) is 23.7 Å². The molecule has 1 aromatic heterocycles. The van der Waals surface area contributed by atoms with Crippen LogP contribution in [0.25, 0.3) is 11.3 Å². The number of rotatable bonds is 5. The molecule has 2 fully saturated rings. The van der Waals surface area contributed by atoms with Crippen molar-refractivity contribution in [2.45, 2.75) is 63.2 Å². The zero-order valence-corrected chi connectivity index (χ0v) is 19.9. The van der Waals surface area contributed by atoms with E-state index in [0.29, 0.717) is 5.56 Å². The van der Waals surface area contributed by atoms with Crippen LogP contribution in [0.1, 0.15) is 50.5 Å². The maximum absolute atomic E-state index is 14.2. The fourth-order valence-electron chi connectivity index (χ4n) is 4.95. The molecule has 36 heavy (non-hydrogen) atoms. The van der Waals surface area contributed by atoms with Crippen molar-refractivity contribution in [1.82, 2.24) is 15.3 Å². The van der Waals surface area contributed by atoms with Crippen LogP contribution in [0.3, 0.4) is 0 Å². The summed E-state index contributed by atoms with van der Waals surface area (Å²) in [6.07, 6.45) is 0.308. The monoisotopic (exact) mass is 504 g/mol. The predicted octanol–water partition coefficient (Wildman–Crippen LogP) is 4.79. The van der Waals surface area contributed by atoms with Gasteiger partial charge in [-0.3, -0.25) is 4.79 Å². The quantitative estimate of drug-likeness (QED) is 0.569. The molecule has 0 bridgehead atoms. The van der Waals surface area contributed by atoms with E-state index >= 15 is 0 Å². The van der Waals surface area contributed by atoms with Gasteiger partial charge in [-0.25, -0.2) is 9.37 Å². The van der Waals surface area contributed by atoms with Crippen molar-refractivity contribution in [3.05, 3.63) is 35.6 Å². The number of halogens is 4. The lowest BCUT2D eigenvalue weighted by molar-refractivity contribution is -0.156. The molecule has 1 saturated heterocycles. The van der Waals surface area contributed by atoms with E-state index in [2.05, 4.69) is 20.6 Å². The Morgan fingerprint density at radius 1 is 1.11 bits per heavy atom. The highest BCUT2D eigenvalue weighted by Gasteiger charge is 2.48. The Labute approximate surface area is 206 Å². The number of aromatic nitrogens is 2. The van der Waals surface area contributed by atoms with Gasteiger partial charge in [0, 0.05) is 31.3 Å². The van der Waals surface area contributed by atoms with Crippen LogP contribution < -0.4 is 15.5 Å². The largest absolute Gasteiger partial charge is 0.408 e. The number of carbonyl (C=O) groups is 1. The minimum absolute atomic E-state index is 0.00777. The minimum atomic E-state index is -4.53. The van der Waals surface area contributed by atoms with E-state index in [0.717, 1.165) is 43.1 Å². The van der Waals surface area contributed by atoms with Crippen LogP contribution in [0, 0.1) is 23.1 Å². The van der Waals surface area contributed by atoms with Crippen LogP contribution in [0.15, 0.2) is 24.3 Å². The van der Waals surface area contributed by atoms with E-state index in [1.54, 1.807) is 6.07 Å². The van der Waals surface area contributed by atoms with Crippen LogP contribution >= 0.6 is 0 Å². The summed E-state index contributed by atoms with van der Waals surface area (Å²) in [5.41, 5.74) is 0.336. The fourth-order valence-corrected chi connectivity index (χ4v) is 4.95. The van der Waals surface area contributed by atoms with Gasteiger partial charge in [-0.15, -0.1) is 0 Å². The summed E-state index contributed by atoms with van der Waals surface area (Å²) in [6.45, 7) is -0.149. The topological polar surface area (TPSA) is 93.9 Å². The van der Waals surface area contributed by atoms with E-state index in [1.165, 1.54) is 25.2 Å². The molecule has 7 nitrogen and oxygen atoms in total. The van der Waals surface area contributed by atoms with E-state index in [9.17, 15) is 22.4 Å². The molecule has 192 valence electrons. The van der Waals surface area contributed by atoms with Gasteiger partial charge >= 0.3 is 6.18 Å². The van der Waals surface area contributed by atoms with Gasteiger partial charge < -0.3 is 15.5 Å². The summed E-state index contributed by atoms with van der Waals surface area (Å²) < 4.78 is 56.4. The number of nitriles is 1. The molecule has 0 spiro atoms. The highest BCUT2D eigenvalue weighted by Crippen LogP contribution is 2.38. The van der Waals surface area contributed by atoms with Gasteiger partial charge in [-0.1, -0.05) is 25.3 Å². The number of benzene rings is 1. The Bertz CT molecular complexity index is 1140. The van der Waals surface area contributed by atoms with Crippen molar-refractivity contribution in [1.29, 1.82) is 5.26 Å². The molecule has 11 heteroatoms. The molecule has 1 aliphatic heterocycles. The Hall–Kier alpha value is -3.42. The molecule has 4 rings (SSSR count). The van der Waals surface area contributed by atoms with Crippen LogP contribution in [0.4, 0.5) is 29.3 Å². The lowest BCUT2D eigenvalue weighted by Gasteiger charge is -2.41. The lowest BCUT2D eigenvalue weighted by Crippen LogP contribution is -2.55. The average Bonchev–Trinajstić information content (AvgIpc) is 2.88. The first-order chi connectivity index (χ1) is 17.2. The SMILES string of the molecule is CNc1nc(-c2ccc(C#N)c(F)c2)cc(N2C[C@H](C(=O)NC3CCCCC3)CC[C@@H]2C(F)(F)F)n1. The first-order valence-electron chi connectivity index (χ1n) is 12.1. The van der Waals surface area contributed by atoms with Crippen LogP contribution in [0.5, 0.6) is 0 Å². The molecule has 1 aliphatic carbocycles. The summed E-state index contributed by atoms with van der Waals surface area (Å²) in [5.74, 6) is -1.56. The van der Waals surface area contributed by atoms with Crippen LogP contribution in [-0.2, 0) is 4.79 Å². The number of nitrogens with one attached hydrogen (secondary N) is 2. The van der Waals surface area contributed by atoms with Crippen molar-refractivity contribution in [3.63, 3.8) is 0 Å². The average molecular weight is 505 g/mol. The van der Waals surface area contributed by atoms with Gasteiger partial charge in [-0.2, -0.15) is 23.4 Å². The number of nitrogens with zero attached hydrogens (tertiary/aromatic N) is 4. The molecule has 1 amide bonds. The maximum atomic E-state index is 14.2. The highest BCUT2D eigenvalue weighted by atomic mass is 19.4. The van der Waals surface area contributed by atoms with Crippen molar-refractivity contribution >= 4 is 17.7 Å². The second kappa shape index (κ2) is 10.7. The Balaban J connectivity index is 1.66. The summed E-state index contributed by atoms with van der Waals surface area (Å²) in [7, 11) is 1.53. The Kier molecular flexibility index (Phi) is 7.62. The third-order valence-corrected chi connectivity index (χ3v) is 6.90. The molecule has 2 atom stereocenters. The number of carbonyl (C=O) groups excluding carboxylic acids is 1. The molecule has 2 aromatic rings. The number of amides is 1. The van der Waals surface area contributed by atoms with E-state index in [1.807, 2.05) is 0 Å². The molecule has 0 unspecified atom stereocenters. The molecule has 0 radical (unpaired) electrons. The summed E-state index contributed by atoms with van der Waals surface area (Å²) in [4.78, 5) is 22.6. The van der Waals surface area contributed by atoms with Crippen molar-refractivity contribution in [2.24, 2.45) is 5.92 Å². The molecule has 2 aliphatic rings. The standard InChI is InChI=1S/C25H28F4N6O/c1-31-24-33-20(15-7-8-16(13-30)19(26)11-15)12-22(34-24)35-14-17(9-10-21(35)25(27,28)29)23(36)32-18-5-3-2-4-6-18/h7-8,11-12,17-18,21H,2-6,9-10,14H2,1H3,(H,32,36)(H,31,33,34)/t17-,21-/m1/s1.